The van der Waals surface area contributed by atoms with Crippen molar-refractivity contribution >= 4 is 11.9 Å². The van der Waals surface area contributed by atoms with Gasteiger partial charge in [0.05, 0.1) is 26.1 Å². The van der Waals surface area contributed by atoms with Gasteiger partial charge in [0.25, 0.3) is 0 Å². The molecular formula is C14H24N2O4. The molecule has 0 aromatic rings. The summed E-state index contributed by atoms with van der Waals surface area (Å²) in [5.41, 5.74) is 5.73. The zero-order chi connectivity index (χ0) is 15.1. The minimum atomic E-state index is -0.437. The Labute approximate surface area is 119 Å². The first-order valence-electron chi connectivity index (χ1n) is 7.00. The highest BCUT2D eigenvalue weighted by Crippen LogP contribution is 2.47. The molecule has 114 valence electrons. The molecule has 2 aliphatic rings. The average molecular weight is 284 g/mol. The highest BCUT2D eigenvalue weighted by atomic mass is 16.5. The van der Waals surface area contributed by atoms with Crippen LogP contribution in [0.3, 0.4) is 0 Å². The maximum atomic E-state index is 12.1. The van der Waals surface area contributed by atoms with E-state index in [0.717, 1.165) is 12.8 Å². The van der Waals surface area contributed by atoms with Crippen LogP contribution in [0.1, 0.15) is 26.7 Å². The van der Waals surface area contributed by atoms with Crippen LogP contribution in [-0.2, 0) is 19.1 Å². The summed E-state index contributed by atoms with van der Waals surface area (Å²) in [6.07, 6.45) is 1.79. The molecule has 0 aromatic carbocycles. The SMILES string of the molecule is COC(=O)C1C(C(=O)OC)C2CCC1N2CC(C)(C)N. The number of nitrogens with two attached hydrogens (primary N) is 1. The lowest BCUT2D eigenvalue weighted by Crippen LogP contribution is -2.48. The van der Waals surface area contributed by atoms with Gasteiger partial charge in [-0.2, -0.15) is 0 Å². The number of carbonyl (C=O) groups is 2. The molecule has 4 atom stereocenters. The molecule has 2 rings (SSSR count). The third-order valence-electron chi connectivity index (χ3n) is 4.36. The number of fused-ring (bicyclic) bond motifs is 2. The Hall–Kier alpha value is -1.14. The van der Waals surface area contributed by atoms with Crippen LogP contribution in [0.2, 0.25) is 0 Å². The van der Waals surface area contributed by atoms with Crippen LogP contribution in [-0.4, -0.2) is 55.2 Å². The molecule has 6 heteroatoms. The van der Waals surface area contributed by atoms with E-state index in [1.807, 2.05) is 13.8 Å². The molecule has 2 bridgehead atoms. The summed E-state index contributed by atoms with van der Waals surface area (Å²) in [5.74, 6) is -1.53. The smallest absolute Gasteiger partial charge is 0.311 e. The predicted molar refractivity (Wildman–Crippen MR) is 72.8 cm³/mol. The molecule has 0 saturated carbocycles. The van der Waals surface area contributed by atoms with E-state index in [0.29, 0.717) is 6.54 Å². The standard InChI is InChI=1S/C14H24N2O4/c1-14(2,15)7-16-8-5-6-9(16)11(13(18)20-4)10(8)12(17)19-3/h8-11H,5-7,15H2,1-4H3. The Morgan fingerprint density at radius 2 is 1.50 bits per heavy atom. The summed E-state index contributed by atoms with van der Waals surface area (Å²) in [5, 5.41) is 0. The molecule has 2 fully saturated rings. The first-order valence-corrected chi connectivity index (χ1v) is 7.00. The Bertz CT molecular complexity index is 374. The van der Waals surface area contributed by atoms with E-state index < -0.39 is 11.8 Å². The zero-order valence-corrected chi connectivity index (χ0v) is 12.6. The molecule has 2 N–H and O–H groups in total. The van der Waals surface area contributed by atoms with Crippen LogP contribution in [0.5, 0.6) is 0 Å². The van der Waals surface area contributed by atoms with Gasteiger partial charge in [-0.3, -0.25) is 14.5 Å². The Kier molecular flexibility index (Phi) is 4.07. The van der Waals surface area contributed by atoms with Crippen molar-refractivity contribution < 1.29 is 19.1 Å². The van der Waals surface area contributed by atoms with Crippen LogP contribution < -0.4 is 5.73 Å². The second-order valence-electron chi connectivity index (χ2n) is 6.47. The highest BCUT2D eigenvalue weighted by molar-refractivity contribution is 5.84. The summed E-state index contributed by atoms with van der Waals surface area (Å²) in [4.78, 5) is 26.3. The first kappa shape index (κ1) is 15.3. The molecule has 0 spiro atoms. The molecule has 20 heavy (non-hydrogen) atoms. The minimum Gasteiger partial charge on any atom is -0.469 e. The molecule has 0 aromatic heterocycles. The number of methoxy groups -OCH3 is 2. The van der Waals surface area contributed by atoms with Gasteiger partial charge in [0.1, 0.15) is 0 Å². The topological polar surface area (TPSA) is 81.9 Å². The zero-order valence-electron chi connectivity index (χ0n) is 12.6. The lowest BCUT2D eigenvalue weighted by atomic mass is 9.79. The summed E-state index contributed by atoms with van der Waals surface area (Å²) in [6, 6.07) is 0.0544. The number of hydrogen-bond acceptors (Lipinski definition) is 6. The number of nitrogens with zero attached hydrogens (tertiary/aromatic N) is 1. The fourth-order valence-electron chi connectivity index (χ4n) is 3.75. The van der Waals surface area contributed by atoms with Gasteiger partial charge in [-0.15, -0.1) is 0 Å². The van der Waals surface area contributed by atoms with E-state index >= 15 is 0 Å². The summed E-state index contributed by atoms with van der Waals surface area (Å²) in [7, 11) is 2.72. The van der Waals surface area contributed by atoms with Crippen LogP contribution in [0.25, 0.3) is 0 Å². The third kappa shape index (κ3) is 2.54. The highest BCUT2D eigenvalue weighted by Gasteiger charge is 2.59. The molecule has 0 amide bonds. The van der Waals surface area contributed by atoms with Gasteiger partial charge < -0.3 is 15.2 Å². The fraction of sp³-hybridized carbons (Fsp3) is 0.857. The van der Waals surface area contributed by atoms with Crippen molar-refractivity contribution in [3.63, 3.8) is 0 Å². The lowest BCUT2D eigenvalue weighted by Gasteiger charge is -2.30. The second kappa shape index (κ2) is 5.33. The molecule has 2 saturated heterocycles. The van der Waals surface area contributed by atoms with Gasteiger partial charge in [-0.1, -0.05) is 0 Å². The van der Waals surface area contributed by atoms with Gasteiger partial charge >= 0.3 is 11.9 Å². The molecule has 2 aliphatic heterocycles. The van der Waals surface area contributed by atoms with Gasteiger partial charge in [0.2, 0.25) is 0 Å². The predicted octanol–water partition coefficient (Wildman–Crippen LogP) is 0.149. The van der Waals surface area contributed by atoms with Gasteiger partial charge in [-0.05, 0) is 26.7 Å². The summed E-state index contributed by atoms with van der Waals surface area (Å²) < 4.78 is 9.77. The van der Waals surface area contributed by atoms with Crippen LogP contribution in [0.4, 0.5) is 0 Å². The van der Waals surface area contributed by atoms with E-state index in [4.69, 9.17) is 15.2 Å². The van der Waals surface area contributed by atoms with Gasteiger partial charge in [-0.25, -0.2) is 0 Å². The molecule has 0 aliphatic carbocycles. The van der Waals surface area contributed by atoms with E-state index in [-0.39, 0.29) is 29.6 Å². The normalized spacial score (nSPS) is 33.2. The largest absolute Gasteiger partial charge is 0.469 e. The van der Waals surface area contributed by atoms with Gasteiger partial charge in [0.15, 0.2) is 0 Å². The molecule has 0 radical (unpaired) electrons. The van der Waals surface area contributed by atoms with Crippen molar-refractivity contribution in [2.45, 2.75) is 44.3 Å². The summed E-state index contributed by atoms with van der Waals surface area (Å²) in [6.45, 7) is 4.55. The Morgan fingerprint density at radius 3 is 1.80 bits per heavy atom. The van der Waals surface area contributed by atoms with E-state index in [1.165, 1.54) is 14.2 Å². The molecule has 6 nitrogen and oxygen atoms in total. The molecule has 2 heterocycles. The van der Waals surface area contributed by atoms with E-state index in [2.05, 4.69) is 4.90 Å². The lowest BCUT2D eigenvalue weighted by molar-refractivity contribution is -0.157. The first-order chi connectivity index (χ1) is 9.30. The number of ether oxygens (including phenoxy) is 2. The van der Waals surface area contributed by atoms with Crippen LogP contribution in [0, 0.1) is 11.8 Å². The van der Waals surface area contributed by atoms with Crippen LogP contribution >= 0.6 is 0 Å². The van der Waals surface area contributed by atoms with Crippen molar-refractivity contribution in [1.29, 1.82) is 0 Å². The van der Waals surface area contributed by atoms with E-state index in [1.54, 1.807) is 0 Å². The van der Waals surface area contributed by atoms with Crippen molar-refractivity contribution in [1.82, 2.24) is 4.90 Å². The van der Waals surface area contributed by atoms with Crippen molar-refractivity contribution in [2.24, 2.45) is 17.6 Å². The summed E-state index contributed by atoms with van der Waals surface area (Å²) >= 11 is 0. The van der Waals surface area contributed by atoms with E-state index in [9.17, 15) is 9.59 Å². The number of rotatable bonds is 4. The molecule has 4 unspecified atom stereocenters. The number of esters is 2. The van der Waals surface area contributed by atoms with Crippen molar-refractivity contribution in [2.75, 3.05) is 20.8 Å². The maximum Gasteiger partial charge on any atom is 0.311 e. The van der Waals surface area contributed by atoms with Crippen LogP contribution in [0.15, 0.2) is 0 Å². The quantitative estimate of drug-likeness (QED) is 0.740. The second-order valence-corrected chi connectivity index (χ2v) is 6.47. The fourth-order valence-corrected chi connectivity index (χ4v) is 3.75. The van der Waals surface area contributed by atoms with Gasteiger partial charge in [0, 0.05) is 24.2 Å². The average Bonchev–Trinajstić information content (AvgIpc) is 2.89. The van der Waals surface area contributed by atoms with Crippen molar-refractivity contribution in [3.05, 3.63) is 0 Å². The monoisotopic (exact) mass is 284 g/mol. The number of hydrogen-bond donors (Lipinski definition) is 1. The van der Waals surface area contributed by atoms with Crippen molar-refractivity contribution in [3.8, 4) is 0 Å². The Morgan fingerprint density at radius 1 is 1.10 bits per heavy atom. The maximum absolute atomic E-state index is 12.1. The minimum absolute atomic E-state index is 0.0272. The Balaban J connectivity index is 2.28. The number of carbonyl (C=O) groups excluding carboxylic acids is 2. The third-order valence-corrected chi connectivity index (χ3v) is 4.36. The molecular weight excluding hydrogens is 260 g/mol.